The Labute approximate surface area is 169 Å². The van der Waals surface area contributed by atoms with Crippen molar-refractivity contribution in [3.05, 3.63) is 46.9 Å². The molecule has 30 heavy (non-hydrogen) atoms. The molecule has 164 valence electrons. The normalized spacial score (nSPS) is 24.3. The number of hydrogen-bond donors (Lipinski definition) is 2. The van der Waals surface area contributed by atoms with Gasteiger partial charge in [-0.2, -0.15) is 13.2 Å². The van der Waals surface area contributed by atoms with Crippen molar-refractivity contribution in [2.75, 3.05) is 18.4 Å². The van der Waals surface area contributed by atoms with Crippen molar-refractivity contribution in [2.45, 2.75) is 44.6 Å². The molecule has 0 bridgehead atoms. The van der Waals surface area contributed by atoms with E-state index >= 15 is 4.39 Å². The van der Waals surface area contributed by atoms with Crippen LogP contribution in [0.4, 0.5) is 27.6 Å². The second-order valence-corrected chi connectivity index (χ2v) is 7.37. The molecule has 1 aliphatic heterocycles. The predicted octanol–water partition coefficient (Wildman–Crippen LogP) is 4.08. The first-order chi connectivity index (χ1) is 13.8. The second kappa shape index (κ2) is 7.44. The van der Waals surface area contributed by atoms with Crippen LogP contribution in [0.3, 0.4) is 0 Å². The van der Waals surface area contributed by atoms with Gasteiger partial charge in [-0.05, 0) is 32.0 Å². The van der Waals surface area contributed by atoms with Crippen molar-refractivity contribution in [3.63, 3.8) is 0 Å². The number of benzene rings is 1. The highest BCUT2D eigenvalue weighted by Crippen LogP contribution is 2.43. The zero-order valence-corrected chi connectivity index (χ0v) is 16.5. The second-order valence-electron chi connectivity index (χ2n) is 7.37. The molecule has 0 radical (unpaired) electrons. The summed E-state index contributed by atoms with van der Waals surface area (Å²) < 4.78 is 78.7. The van der Waals surface area contributed by atoms with E-state index in [1.165, 1.54) is 32.9 Å². The number of anilines is 1. The minimum Gasteiger partial charge on any atom is -0.451 e. The molecule has 0 unspecified atom stereocenters. The van der Waals surface area contributed by atoms with Gasteiger partial charge in [-0.25, -0.2) is 18.8 Å². The fraction of sp³-hybridized carbons (Fsp3) is 0.474. The van der Waals surface area contributed by atoms with E-state index in [0.29, 0.717) is 5.69 Å². The van der Waals surface area contributed by atoms with Crippen LogP contribution in [0.1, 0.15) is 36.8 Å². The monoisotopic (exact) mass is 432 g/mol. The zero-order chi connectivity index (χ0) is 22.3. The lowest BCUT2D eigenvalue weighted by Crippen LogP contribution is -2.54. The summed E-state index contributed by atoms with van der Waals surface area (Å²) in [5, 5.41) is 2.89. The third kappa shape index (κ3) is 4.05. The Hall–Kier alpha value is -2.85. The number of nitrogens with two attached hydrogens (primary N) is 1. The van der Waals surface area contributed by atoms with Gasteiger partial charge in [0.1, 0.15) is 5.82 Å². The largest absolute Gasteiger partial charge is 0.451 e. The van der Waals surface area contributed by atoms with Crippen LogP contribution in [0.15, 0.2) is 27.6 Å². The average molecular weight is 432 g/mol. The van der Waals surface area contributed by atoms with E-state index in [1.54, 1.807) is 0 Å². The molecule has 0 aliphatic carbocycles. The maximum atomic E-state index is 15.1. The van der Waals surface area contributed by atoms with Crippen LogP contribution in [0, 0.1) is 12.7 Å². The fourth-order valence-electron chi connectivity index (χ4n) is 3.25. The molecule has 6 nitrogen and oxygen atoms in total. The van der Waals surface area contributed by atoms with Gasteiger partial charge in [0.15, 0.2) is 17.2 Å². The van der Waals surface area contributed by atoms with Gasteiger partial charge in [0.2, 0.25) is 5.76 Å². The number of hydrogen-bond acceptors (Lipinski definition) is 6. The van der Waals surface area contributed by atoms with E-state index < -0.39 is 29.0 Å². The van der Waals surface area contributed by atoms with Crippen LogP contribution < -0.4 is 11.1 Å². The highest BCUT2D eigenvalue weighted by molar-refractivity contribution is 5.73. The summed E-state index contributed by atoms with van der Waals surface area (Å²) in [5.41, 5.74) is 1.81. The SMILES string of the molecule is Cc1nc(CCNc2ccc(F)c([C@@]3(C)OC(N)=NC[C@@]3(C)F)c2)c(C(F)(F)F)o1. The number of nitrogens with one attached hydrogen (secondary N) is 1. The number of halogens is 5. The van der Waals surface area contributed by atoms with Gasteiger partial charge in [0, 0.05) is 31.1 Å². The molecule has 1 aromatic carbocycles. The standard InChI is InChI=1S/C19H21F5N4O2/c1-10-28-14(15(29-10)19(22,23)24)6-7-26-11-4-5-13(20)12(8-11)18(3)17(2,21)9-27-16(25)30-18/h4-5,8,26H,6-7,9H2,1-3H3,(H2,25,27)/t17-,18-/m1/s1. The number of nitrogens with zero attached hydrogens (tertiary/aromatic N) is 2. The van der Waals surface area contributed by atoms with Gasteiger partial charge < -0.3 is 20.2 Å². The summed E-state index contributed by atoms with van der Waals surface area (Å²) in [4.78, 5) is 7.49. The number of aromatic nitrogens is 1. The zero-order valence-electron chi connectivity index (χ0n) is 16.5. The predicted molar refractivity (Wildman–Crippen MR) is 99.3 cm³/mol. The molecule has 1 aliphatic rings. The quantitative estimate of drug-likeness (QED) is 0.696. The van der Waals surface area contributed by atoms with Crippen molar-refractivity contribution < 1.29 is 31.1 Å². The van der Waals surface area contributed by atoms with Crippen molar-refractivity contribution in [1.29, 1.82) is 0 Å². The van der Waals surface area contributed by atoms with E-state index in [9.17, 15) is 17.6 Å². The van der Waals surface area contributed by atoms with Crippen LogP contribution in [-0.4, -0.2) is 29.8 Å². The molecule has 2 atom stereocenters. The number of aryl methyl sites for hydroxylation is 1. The summed E-state index contributed by atoms with van der Waals surface area (Å²) in [6, 6.07) is 3.58. The Kier molecular flexibility index (Phi) is 5.42. The fourth-order valence-corrected chi connectivity index (χ4v) is 3.25. The minimum atomic E-state index is -4.65. The molecule has 3 N–H and O–H groups in total. The molecular formula is C19H21F5N4O2. The van der Waals surface area contributed by atoms with Gasteiger partial charge in [-0.1, -0.05) is 0 Å². The van der Waals surface area contributed by atoms with E-state index in [4.69, 9.17) is 10.5 Å². The lowest BCUT2D eigenvalue weighted by Gasteiger charge is -2.42. The van der Waals surface area contributed by atoms with Crippen molar-refractivity contribution in [1.82, 2.24) is 4.98 Å². The number of amidine groups is 1. The Morgan fingerprint density at radius 3 is 2.63 bits per heavy atom. The molecule has 3 rings (SSSR count). The molecule has 11 heteroatoms. The Morgan fingerprint density at radius 2 is 1.97 bits per heavy atom. The van der Waals surface area contributed by atoms with Crippen molar-refractivity contribution >= 4 is 11.7 Å². The van der Waals surface area contributed by atoms with E-state index in [-0.39, 0.29) is 42.7 Å². The molecule has 0 amide bonds. The molecule has 0 saturated carbocycles. The Bertz CT molecular complexity index is 970. The smallest absolute Gasteiger partial charge is 0.451 e. The van der Waals surface area contributed by atoms with Crippen molar-refractivity contribution in [3.8, 4) is 0 Å². The first-order valence-electron chi connectivity index (χ1n) is 9.09. The molecule has 2 heterocycles. The summed E-state index contributed by atoms with van der Waals surface area (Å²) >= 11 is 0. The number of aliphatic imine (C=N–C) groups is 1. The molecule has 0 saturated heterocycles. The number of ether oxygens (including phenoxy) is 1. The van der Waals surface area contributed by atoms with Crippen LogP contribution in [-0.2, 0) is 22.9 Å². The Balaban J connectivity index is 1.80. The highest BCUT2D eigenvalue weighted by atomic mass is 19.4. The lowest BCUT2D eigenvalue weighted by molar-refractivity contribution is -0.154. The third-order valence-corrected chi connectivity index (χ3v) is 5.07. The lowest BCUT2D eigenvalue weighted by atomic mass is 9.80. The summed E-state index contributed by atoms with van der Waals surface area (Å²) in [5.74, 6) is -1.95. The minimum absolute atomic E-state index is 0.0498. The third-order valence-electron chi connectivity index (χ3n) is 5.07. The first-order valence-corrected chi connectivity index (χ1v) is 9.09. The maximum Gasteiger partial charge on any atom is 0.451 e. The summed E-state index contributed by atoms with van der Waals surface area (Å²) in [7, 11) is 0. The highest BCUT2D eigenvalue weighted by Gasteiger charge is 2.53. The molecule has 2 aromatic rings. The van der Waals surface area contributed by atoms with Crippen LogP contribution in [0.5, 0.6) is 0 Å². The van der Waals surface area contributed by atoms with Crippen LogP contribution in [0.2, 0.25) is 0 Å². The molecule has 0 spiro atoms. The summed E-state index contributed by atoms with van der Waals surface area (Å²) in [6.07, 6.45) is -4.74. The Morgan fingerprint density at radius 1 is 1.27 bits per heavy atom. The first kappa shape index (κ1) is 21.8. The number of rotatable bonds is 5. The van der Waals surface area contributed by atoms with Gasteiger partial charge in [0.05, 0.1) is 12.2 Å². The number of oxazole rings is 1. The summed E-state index contributed by atoms with van der Waals surface area (Å²) in [6.45, 7) is 3.66. The molecular weight excluding hydrogens is 411 g/mol. The number of alkyl halides is 4. The van der Waals surface area contributed by atoms with E-state index in [1.807, 2.05) is 0 Å². The average Bonchev–Trinajstić information content (AvgIpc) is 3.01. The maximum absolute atomic E-state index is 15.1. The molecule has 0 fully saturated rings. The van der Waals surface area contributed by atoms with Crippen LogP contribution in [0.25, 0.3) is 0 Å². The van der Waals surface area contributed by atoms with Gasteiger partial charge in [0.25, 0.3) is 6.02 Å². The van der Waals surface area contributed by atoms with E-state index in [0.717, 1.165) is 6.07 Å². The topological polar surface area (TPSA) is 85.7 Å². The van der Waals surface area contributed by atoms with Gasteiger partial charge >= 0.3 is 6.18 Å². The van der Waals surface area contributed by atoms with E-state index in [2.05, 4.69) is 19.7 Å². The molecule has 1 aromatic heterocycles. The van der Waals surface area contributed by atoms with Gasteiger partial charge in [-0.15, -0.1) is 0 Å². The van der Waals surface area contributed by atoms with Crippen LogP contribution >= 0.6 is 0 Å². The van der Waals surface area contributed by atoms with Crippen molar-refractivity contribution in [2.24, 2.45) is 10.7 Å². The van der Waals surface area contributed by atoms with Gasteiger partial charge in [-0.3, -0.25) is 0 Å².